The number of nitrogens with zero attached hydrogens (tertiary/aromatic N) is 1. The number of phenolic OH excluding ortho intramolecular Hbond substituents is 1. The minimum absolute atomic E-state index is 0.344. The van der Waals surface area contributed by atoms with Crippen LogP contribution in [-0.4, -0.2) is 42.9 Å². The highest BCUT2D eigenvalue weighted by molar-refractivity contribution is 5.79. The van der Waals surface area contributed by atoms with Crippen LogP contribution in [0.25, 0.3) is 0 Å². The number of ether oxygens (including phenoxy) is 1. The number of aliphatic imine (C=N–C) groups is 1. The lowest BCUT2D eigenvalue weighted by Gasteiger charge is -2.20. The van der Waals surface area contributed by atoms with Gasteiger partial charge in [-0.05, 0) is 38.5 Å². The summed E-state index contributed by atoms with van der Waals surface area (Å²) in [5, 5.41) is 17.8. The Bertz CT molecular complexity index is 585. The summed E-state index contributed by atoms with van der Waals surface area (Å²) < 4.78 is 18.4. The molecule has 8 heteroatoms. The maximum absolute atomic E-state index is 13.3. The lowest BCUT2D eigenvalue weighted by Crippen LogP contribution is -2.42. The first-order valence-electron chi connectivity index (χ1n) is 7.60. The molecule has 1 aromatic carbocycles. The van der Waals surface area contributed by atoms with Crippen LogP contribution in [0.4, 0.5) is 9.18 Å². The maximum Gasteiger partial charge on any atom is 0.407 e. The molecule has 4 N–H and O–H groups in total. The number of amides is 1. The van der Waals surface area contributed by atoms with Gasteiger partial charge in [0.1, 0.15) is 5.60 Å². The molecule has 134 valence electrons. The van der Waals surface area contributed by atoms with Gasteiger partial charge in [0.2, 0.25) is 0 Å². The molecule has 0 unspecified atom stereocenters. The van der Waals surface area contributed by atoms with Crippen LogP contribution in [0.2, 0.25) is 0 Å². The van der Waals surface area contributed by atoms with Gasteiger partial charge in [0.25, 0.3) is 0 Å². The van der Waals surface area contributed by atoms with E-state index in [-0.39, 0.29) is 5.75 Å². The van der Waals surface area contributed by atoms with E-state index in [2.05, 4.69) is 20.9 Å². The van der Waals surface area contributed by atoms with E-state index in [1.807, 2.05) is 0 Å². The molecule has 0 bridgehead atoms. The van der Waals surface area contributed by atoms with Crippen molar-refractivity contribution in [1.82, 2.24) is 16.0 Å². The molecule has 1 rings (SSSR count). The summed E-state index contributed by atoms with van der Waals surface area (Å²) in [5.41, 5.74) is 0.134. The summed E-state index contributed by atoms with van der Waals surface area (Å²) in [6, 6.07) is 4.16. The molecule has 1 aromatic rings. The standard InChI is InChI=1S/C16H25FN4O3/c1-16(2,3)24-15(23)20-8-7-19-14(18-4)21-10-11-5-6-13(22)12(17)9-11/h5-6,9,22H,7-8,10H2,1-4H3,(H,20,23)(H2,18,19,21). The molecule has 7 nitrogen and oxygen atoms in total. The van der Waals surface area contributed by atoms with Crippen molar-refractivity contribution in [3.8, 4) is 5.75 Å². The predicted octanol–water partition coefficient (Wildman–Crippen LogP) is 1.72. The average molecular weight is 340 g/mol. The molecule has 0 radical (unpaired) electrons. The van der Waals surface area contributed by atoms with E-state index in [0.717, 1.165) is 0 Å². The van der Waals surface area contributed by atoms with Gasteiger partial charge in [0.15, 0.2) is 17.5 Å². The fourth-order valence-electron chi connectivity index (χ4n) is 1.73. The van der Waals surface area contributed by atoms with Crippen molar-refractivity contribution < 1.29 is 19.0 Å². The zero-order chi connectivity index (χ0) is 18.2. The van der Waals surface area contributed by atoms with Crippen molar-refractivity contribution in [3.05, 3.63) is 29.6 Å². The topological polar surface area (TPSA) is 95.0 Å². The zero-order valence-electron chi connectivity index (χ0n) is 14.4. The van der Waals surface area contributed by atoms with Gasteiger partial charge >= 0.3 is 6.09 Å². The van der Waals surface area contributed by atoms with E-state index in [4.69, 9.17) is 9.84 Å². The predicted molar refractivity (Wildman–Crippen MR) is 90.5 cm³/mol. The number of carbonyl (C=O) groups excluding carboxylic acids is 1. The largest absolute Gasteiger partial charge is 0.505 e. The normalized spacial score (nSPS) is 11.8. The lowest BCUT2D eigenvalue weighted by atomic mass is 10.2. The van der Waals surface area contributed by atoms with E-state index in [1.54, 1.807) is 33.9 Å². The highest BCUT2D eigenvalue weighted by Crippen LogP contribution is 2.15. The van der Waals surface area contributed by atoms with E-state index in [0.29, 0.717) is 31.2 Å². The Kier molecular flexibility index (Phi) is 7.29. The van der Waals surface area contributed by atoms with E-state index in [1.165, 1.54) is 12.1 Å². The molecule has 1 amide bonds. The van der Waals surface area contributed by atoms with Crippen molar-refractivity contribution in [2.24, 2.45) is 4.99 Å². The van der Waals surface area contributed by atoms with Crippen molar-refractivity contribution >= 4 is 12.1 Å². The molecular formula is C16H25FN4O3. The third-order valence-corrected chi connectivity index (χ3v) is 2.78. The fraction of sp³-hybridized carbons (Fsp3) is 0.500. The van der Waals surface area contributed by atoms with Gasteiger partial charge in [-0.1, -0.05) is 6.07 Å². The molecule has 0 aromatic heterocycles. The first-order chi connectivity index (χ1) is 11.2. The van der Waals surface area contributed by atoms with Gasteiger partial charge in [-0.3, -0.25) is 4.99 Å². The summed E-state index contributed by atoms with van der Waals surface area (Å²) in [7, 11) is 1.61. The Morgan fingerprint density at radius 3 is 2.50 bits per heavy atom. The van der Waals surface area contributed by atoms with Crippen molar-refractivity contribution in [2.45, 2.75) is 32.9 Å². The van der Waals surface area contributed by atoms with Gasteiger partial charge in [0, 0.05) is 26.7 Å². The number of phenols is 1. The van der Waals surface area contributed by atoms with Crippen molar-refractivity contribution in [1.29, 1.82) is 0 Å². The molecule has 0 spiro atoms. The number of guanidine groups is 1. The number of halogens is 1. The molecule has 0 aliphatic rings. The molecule has 0 aliphatic heterocycles. The van der Waals surface area contributed by atoms with Gasteiger partial charge in [-0.25, -0.2) is 9.18 Å². The number of alkyl carbamates (subject to hydrolysis) is 1. The first kappa shape index (κ1) is 19.5. The highest BCUT2D eigenvalue weighted by Gasteiger charge is 2.15. The maximum atomic E-state index is 13.3. The van der Waals surface area contributed by atoms with Crippen LogP contribution < -0.4 is 16.0 Å². The SMILES string of the molecule is CN=C(NCCNC(=O)OC(C)(C)C)NCc1ccc(O)c(F)c1. The Balaban J connectivity index is 2.30. The quantitative estimate of drug-likeness (QED) is 0.372. The second-order valence-electron chi connectivity index (χ2n) is 6.07. The average Bonchev–Trinajstić information content (AvgIpc) is 2.48. The highest BCUT2D eigenvalue weighted by atomic mass is 19.1. The molecule has 0 aliphatic carbocycles. The van der Waals surface area contributed by atoms with Crippen molar-refractivity contribution in [3.63, 3.8) is 0 Å². The number of benzene rings is 1. The number of hydrogen-bond acceptors (Lipinski definition) is 4. The number of aromatic hydroxyl groups is 1. The fourth-order valence-corrected chi connectivity index (χ4v) is 1.73. The van der Waals surface area contributed by atoms with Gasteiger partial charge in [-0.15, -0.1) is 0 Å². The Labute approximate surface area is 141 Å². The molecule has 0 saturated heterocycles. The number of nitrogens with one attached hydrogen (secondary N) is 3. The second kappa shape index (κ2) is 8.95. The summed E-state index contributed by atoms with van der Waals surface area (Å²) in [5.74, 6) is -0.539. The lowest BCUT2D eigenvalue weighted by molar-refractivity contribution is 0.0529. The monoisotopic (exact) mass is 340 g/mol. The van der Waals surface area contributed by atoms with Crippen molar-refractivity contribution in [2.75, 3.05) is 20.1 Å². The van der Waals surface area contributed by atoms with Crippen LogP contribution in [-0.2, 0) is 11.3 Å². The zero-order valence-corrected chi connectivity index (χ0v) is 14.4. The molecule has 24 heavy (non-hydrogen) atoms. The van der Waals surface area contributed by atoms with E-state index < -0.39 is 17.5 Å². The molecule has 0 atom stereocenters. The molecule has 0 fully saturated rings. The smallest absolute Gasteiger partial charge is 0.407 e. The van der Waals surface area contributed by atoms with Crippen LogP contribution in [0, 0.1) is 5.82 Å². The molecule has 0 heterocycles. The summed E-state index contributed by atoms with van der Waals surface area (Å²) in [6.07, 6.45) is -0.480. The third-order valence-electron chi connectivity index (χ3n) is 2.78. The third kappa shape index (κ3) is 7.66. The van der Waals surface area contributed by atoms with Crippen LogP contribution >= 0.6 is 0 Å². The molecule has 0 saturated carbocycles. The first-order valence-corrected chi connectivity index (χ1v) is 7.60. The second-order valence-corrected chi connectivity index (χ2v) is 6.07. The van der Waals surface area contributed by atoms with Crippen LogP contribution in [0.3, 0.4) is 0 Å². The Morgan fingerprint density at radius 1 is 1.25 bits per heavy atom. The Hall–Kier alpha value is -2.51. The van der Waals surface area contributed by atoms with Gasteiger partial charge in [0.05, 0.1) is 0 Å². The van der Waals surface area contributed by atoms with Gasteiger partial charge in [-0.2, -0.15) is 0 Å². The van der Waals surface area contributed by atoms with Crippen LogP contribution in [0.1, 0.15) is 26.3 Å². The van der Waals surface area contributed by atoms with Crippen LogP contribution in [0.5, 0.6) is 5.75 Å². The number of rotatable bonds is 5. The number of carbonyl (C=O) groups is 1. The Morgan fingerprint density at radius 2 is 1.92 bits per heavy atom. The van der Waals surface area contributed by atoms with E-state index in [9.17, 15) is 9.18 Å². The van der Waals surface area contributed by atoms with Gasteiger partial charge < -0.3 is 25.8 Å². The summed E-state index contributed by atoms with van der Waals surface area (Å²) >= 11 is 0. The van der Waals surface area contributed by atoms with Crippen LogP contribution in [0.15, 0.2) is 23.2 Å². The molecular weight excluding hydrogens is 315 g/mol. The minimum Gasteiger partial charge on any atom is -0.505 e. The minimum atomic E-state index is -0.668. The summed E-state index contributed by atoms with van der Waals surface area (Å²) in [4.78, 5) is 15.5. The summed E-state index contributed by atoms with van der Waals surface area (Å²) in [6.45, 7) is 6.54. The van der Waals surface area contributed by atoms with E-state index >= 15 is 0 Å². The number of hydrogen-bond donors (Lipinski definition) is 4.